The molecule has 3 rings (SSSR count). The molecular formula is C23H36N4O13ReS2-2. The summed E-state index contributed by atoms with van der Waals surface area (Å²) < 4.78 is 10.1. The molecule has 0 saturated carbocycles. The van der Waals surface area contributed by atoms with Crippen LogP contribution in [0.3, 0.4) is 0 Å². The van der Waals surface area contributed by atoms with Crippen LogP contribution in [0.15, 0.2) is 12.1 Å². The number of hydrogen-bond acceptors (Lipinski definition) is 16. The Balaban J connectivity index is 0.00000462. The van der Waals surface area contributed by atoms with Crippen molar-refractivity contribution < 1.29 is 85.8 Å². The Morgan fingerprint density at radius 2 is 1.33 bits per heavy atom. The topological polar surface area (TPSA) is 292 Å². The maximum absolute atomic E-state index is 13.0. The number of aliphatic hydroxyl groups excluding tert-OH is 8. The second kappa shape index (κ2) is 18.2. The SMILES string of the molecule is O=C(N[C@H]1C(O)[C@@H](O)C(CO)O[C@H]1O)c1cc(CS)nc(CNC(CS)C(=O)NC2[C@@H](O)C(O)C(CO)O[C@H]2O)c1.[O-2].[Re]. The average molecular weight is 827 g/mol. The van der Waals surface area contributed by atoms with E-state index in [1.54, 1.807) is 0 Å². The van der Waals surface area contributed by atoms with Gasteiger partial charge in [0.15, 0.2) is 12.6 Å². The zero-order valence-electron chi connectivity index (χ0n) is 22.4. The molecule has 0 spiro atoms. The quantitative estimate of drug-likeness (QED) is 0.0927. The van der Waals surface area contributed by atoms with Gasteiger partial charge in [-0.05, 0) is 12.1 Å². The van der Waals surface area contributed by atoms with Crippen molar-refractivity contribution in [3.05, 3.63) is 29.1 Å². The number of nitrogens with one attached hydrogen (secondary N) is 3. The molecule has 2 fully saturated rings. The van der Waals surface area contributed by atoms with E-state index in [0.717, 1.165) is 0 Å². The molecular weight excluding hydrogens is 791 g/mol. The molecule has 43 heavy (non-hydrogen) atoms. The molecule has 2 aliphatic rings. The van der Waals surface area contributed by atoms with Crippen molar-refractivity contribution in [2.75, 3.05) is 19.0 Å². The Hall–Kier alpha value is -1.03. The molecule has 11 atom stereocenters. The van der Waals surface area contributed by atoms with E-state index in [9.17, 15) is 50.4 Å². The molecule has 2 amide bonds. The molecule has 11 N–H and O–H groups in total. The molecule has 0 aliphatic carbocycles. The summed E-state index contributed by atoms with van der Waals surface area (Å²) >= 11 is 8.35. The molecule has 1 radical (unpaired) electrons. The van der Waals surface area contributed by atoms with Gasteiger partial charge < -0.3 is 66.4 Å². The van der Waals surface area contributed by atoms with Crippen LogP contribution >= 0.6 is 25.3 Å². The number of carbonyl (C=O) groups excluding carboxylic acids is 2. The second-order valence-electron chi connectivity index (χ2n) is 9.60. The fraction of sp³-hybridized carbons (Fsp3) is 0.696. The third-order valence-electron chi connectivity index (χ3n) is 6.79. The maximum atomic E-state index is 13.0. The van der Waals surface area contributed by atoms with Crippen molar-refractivity contribution >= 4 is 37.1 Å². The first-order chi connectivity index (χ1) is 19.4. The molecule has 6 unspecified atom stereocenters. The number of ether oxygens (including phenoxy) is 2. The van der Waals surface area contributed by atoms with E-state index in [4.69, 9.17) is 9.47 Å². The van der Waals surface area contributed by atoms with E-state index in [0.29, 0.717) is 11.4 Å². The van der Waals surface area contributed by atoms with Crippen LogP contribution in [0.2, 0.25) is 0 Å². The van der Waals surface area contributed by atoms with Gasteiger partial charge in [-0.2, -0.15) is 25.3 Å². The van der Waals surface area contributed by atoms with Crippen LogP contribution in [-0.4, -0.2) is 144 Å². The molecule has 1 aromatic heterocycles. The minimum absolute atomic E-state index is 0. The number of pyridine rings is 1. The van der Waals surface area contributed by atoms with Gasteiger partial charge in [0, 0.05) is 44.0 Å². The molecule has 1 aromatic rings. The number of amides is 2. The van der Waals surface area contributed by atoms with Crippen LogP contribution in [0, 0.1) is 0 Å². The first-order valence-electron chi connectivity index (χ1n) is 12.6. The van der Waals surface area contributed by atoms with E-state index in [1.807, 2.05) is 0 Å². The molecule has 17 nitrogen and oxygen atoms in total. The van der Waals surface area contributed by atoms with Crippen molar-refractivity contribution in [1.82, 2.24) is 20.9 Å². The molecule has 20 heteroatoms. The Labute approximate surface area is 270 Å². The Morgan fingerprint density at radius 1 is 0.837 bits per heavy atom. The number of aromatic nitrogens is 1. The first kappa shape index (κ1) is 40.0. The van der Waals surface area contributed by atoms with Crippen LogP contribution in [-0.2, 0) is 52.5 Å². The van der Waals surface area contributed by atoms with E-state index in [1.165, 1.54) is 12.1 Å². The summed E-state index contributed by atoms with van der Waals surface area (Å²) in [5.41, 5.74) is 0.734. The summed E-state index contributed by atoms with van der Waals surface area (Å²) in [6, 6.07) is -0.999. The largest absolute Gasteiger partial charge is 2.00 e. The average Bonchev–Trinajstić information content (AvgIpc) is 2.96. The Morgan fingerprint density at radius 3 is 1.79 bits per heavy atom. The van der Waals surface area contributed by atoms with Crippen molar-refractivity contribution in [3.63, 3.8) is 0 Å². The first-order valence-corrected chi connectivity index (χ1v) is 13.9. The van der Waals surface area contributed by atoms with Crippen LogP contribution in [0.1, 0.15) is 21.7 Å². The maximum Gasteiger partial charge on any atom is 0.251 e. The van der Waals surface area contributed by atoms with Crippen LogP contribution in [0.4, 0.5) is 0 Å². The van der Waals surface area contributed by atoms with Gasteiger partial charge in [-0.3, -0.25) is 19.9 Å². The summed E-state index contributed by atoms with van der Waals surface area (Å²) in [6.45, 7) is -1.37. The van der Waals surface area contributed by atoms with E-state index in [2.05, 4.69) is 46.2 Å². The van der Waals surface area contributed by atoms with E-state index < -0.39 is 92.4 Å². The molecule has 3 heterocycles. The number of nitrogens with zero attached hydrogens (tertiary/aromatic N) is 1. The molecule has 2 aliphatic heterocycles. The van der Waals surface area contributed by atoms with Gasteiger partial charge >= 0.3 is 0 Å². The van der Waals surface area contributed by atoms with Crippen LogP contribution < -0.4 is 16.0 Å². The number of hydrogen-bond donors (Lipinski definition) is 13. The zero-order valence-corrected chi connectivity index (χ0v) is 26.9. The zero-order chi connectivity index (χ0) is 30.4. The van der Waals surface area contributed by atoms with Gasteiger partial charge in [-0.25, -0.2) is 0 Å². The Kier molecular flexibility index (Phi) is 16.9. The normalized spacial score (nSPS) is 33.0. The molecule has 2 saturated heterocycles. The van der Waals surface area contributed by atoms with Gasteiger partial charge in [0.1, 0.15) is 48.7 Å². The summed E-state index contributed by atoms with van der Waals surface area (Å²) in [4.78, 5) is 30.2. The van der Waals surface area contributed by atoms with Crippen molar-refractivity contribution in [2.45, 2.75) is 79.6 Å². The van der Waals surface area contributed by atoms with Gasteiger partial charge in [0.25, 0.3) is 5.91 Å². The van der Waals surface area contributed by atoms with Crippen molar-refractivity contribution in [3.8, 4) is 0 Å². The van der Waals surface area contributed by atoms with E-state index >= 15 is 0 Å². The molecule has 247 valence electrons. The fourth-order valence-corrected chi connectivity index (χ4v) is 4.88. The van der Waals surface area contributed by atoms with Crippen LogP contribution in [0.25, 0.3) is 0 Å². The van der Waals surface area contributed by atoms with E-state index in [-0.39, 0.29) is 49.5 Å². The number of thiol groups is 2. The fourth-order valence-electron chi connectivity index (χ4n) is 4.43. The third-order valence-corrected chi connectivity index (χ3v) is 7.48. The van der Waals surface area contributed by atoms with Crippen LogP contribution in [0.5, 0.6) is 0 Å². The van der Waals surface area contributed by atoms with Gasteiger partial charge in [-0.15, -0.1) is 0 Å². The smallest absolute Gasteiger partial charge is 0.251 e. The monoisotopic (exact) mass is 827 g/mol. The number of carbonyl (C=O) groups is 2. The predicted molar refractivity (Wildman–Crippen MR) is 145 cm³/mol. The standard InChI is InChI=1S/C23H36N4O12S2.O.Re/c28-4-12-16(30)18(32)14(22(36)38-12)26-20(34)8-1-9(25-10(2-8)6-40)3-24-11(7-41)21(35)27-15-19(33)17(31)13(5-29)39-23(15)37;;/h1-2,11-19,22-24,28-33,36-37,40-41H,3-7H2,(H,26,34)(H,27,35);;/q;-2;/t11?,12?,13?,14-,15?,16-,17?,18?,19+,22+,23+;;/m0../s1. The van der Waals surface area contributed by atoms with Gasteiger partial charge in [0.2, 0.25) is 5.91 Å². The summed E-state index contributed by atoms with van der Waals surface area (Å²) in [5, 5.41) is 87.1. The van der Waals surface area contributed by atoms with Gasteiger partial charge in [-0.1, -0.05) is 0 Å². The van der Waals surface area contributed by atoms with Crippen molar-refractivity contribution in [2.24, 2.45) is 0 Å². The minimum atomic E-state index is -1.71. The number of aliphatic hydroxyl groups is 8. The summed E-state index contributed by atoms with van der Waals surface area (Å²) in [5.74, 6) is -1.36. The van der Waals surface area contributed by atoms with Crippen molar-refractivity contribution in [1.29, 1.82) is 0 Å². The Bertz CT molecular complexity index is 1050. The summed E-state index contributed by atoms with van der Waals surface area (Å²) in [6.07, 6.45) is -12.3. The number of rotatable bonds is 11. The predicted octanol–water partition coefficient (Wildman–Crippen LogP) is -5.78. The second-order valence-corrected chi connectivity index (χ2v) is 10.3. The molecule has 0 aromatic carbocycles. The summed E-state index contributed by atoms with van der Waals surface area (Å²) in [7, 11) is 0. The minimum Gasteiger partial charge on any atom is -2.00 e. The molecule has 0 bridgehead atoms. The van der Waals surface area contributed by atoms with Gasteiger partial charge in [0.05, 0.1) is 30.6 Å². The third kappa shape index (κ3) is 9.73.